The van der Waals surface area contributed by atoms with Gasteiger partial charge in [0.1, 0.15) is 0 Å². The van der Waals surface area contributed by atoms with Gasteiger partial charge in [-0.3, -0.25) is 14.2 Å². The monoisotopic (exact) mass is 421 g/mol. The highest BCUT2D eigenvalue weighted by Gasteiger charge is 2.20. The molecule has 1 aromatic heterocycles. The second-order valence-electron chi connectivity index (χ2n) is 7.86. The van der Waals surface area contributed by atoms with E-state index >= 15 is 0 Å². The van der Waals surface area contributed by atoms with Crippen molar-refractivity contribution in [1.29, 1.82) is 0 Å². The standard InChI is InChI=1S/C24H27N3O2S/c1-17(18-10-4-2-5-11-18)27-23(29)20-14-8-9-15-21(20)26-24(27)30-16-22(28)25-19-12-6-3-7-13-19/h2,4-5,8-11,14-15,17,19H,3,6-7,12-13,16H2,1H3,(H,25,28). The summed E-state index contributed by atoms with van der Waals surface area (Å²) in [4.78, 5) is 30.6. The average Bonchev–Trinajstić information content (AvgIpc) is 2.79. The van der Waals surface area contributed by atoms with Gasteiger partial charge in [0.15, 0.2) is 5.16 Å². The van der Waals surface area contributed by atoms with Crippen molar-refractivity contribution in [2.24, 2.45) is 0 Å². The summed E-state index contributed by atoms with van der Waals surface area (Å²) in [5, 5.41) is 4.32. The van der Waals surface area contributed by atoms with E-state index < -0.39 is 0 Å². The maximum absolute atomic E-state index is 13.3. The average molecular weight is 422 g/mol. The van der Waals surface area contributed by atoms with E-state index in [-0.39, 0.29) is 29.3 Å². The lowest BCUT2D eigenvalue weighted by molar-refractivity contribution is -0.119. The van der Waals surface area contributed by atoms with E-state index in [9.17, 15) is 9.59 Å². The smallest absolute Gasteiger partial charge is 0.262 e. The highest BCUT2D eigenvalue weighted by molar-refractivity contribution is 7.99. The highest BCUT2D eigenvalue weighted by Crippen LogP contribution is 2.25. The van der Waals surface area contributed by atoms with Gasteiger partial charge >= 0.3 is 0 Å². The van der Waals surface area contributed by atoms with Crippen molar-refractivity contribution in [3.63, 3.8) is 0 Å². The summed E-state index contributed by atoms with van der Waals surface area (Å²) in [5.74, 6) is 0.260. The largest absolute Gasteiger partial charge is 0.353 e. The maximum atomic E-state index is 13.3. The Morgan fingerprint density at radius 2 is 1.80 bits per heavy atom. The molecule has 0 spiro atoms. The van der Waals surface area contributed by atoms with Gasteiger partial charge in [-0.2, -0.15) is 0 Å². The number of hydrogen-bond acceptors (Lipinski definition) is 4. The van der Waals surface area contributed by atoms with Gasteiger partial charge in [-0.15, -0.1) is 0 Å². The van der Waals surface area contributed by atoms with Crippen LogP contribution in [0.15, 0.2) is 64.5 Å². The van der Waals surface area contributed by atoms with Gasteiger partial charge in [0.2, 0.25) is 5.91 Å². The molecule has 0 saturated heterocycles. The van der Waals surface area contributed by atoms with Crippen LogP contribution in [-0.2, 0) is 4.79 Å². The van der Waals surface area contributed by atoms with Crippen LogP contribution in [0, 0.1) is 0 Å². The van der Waals surface area contributed by atoms with Crippen molar-refractivity contribution < 1.29 is 4.79 Å². The summed E-state index contributed by atoms with van der Waals surface area (Å²) in [5.41, 5.74) is 1.62. The molecule has 1 saturated carbocycles. The lowest BCUT2D eigenvalue weighted by Crippen LogP contribution is -2.37. The molecule has 5 nitrogen and oxygen atoms in total. The number of nitrogens with one attached hydrogen (secondary N) is 1. The Kier molecular flexibility index (Phi) is 6.53. The molecule has 2 aromatic carbocycles. The number of para-hydroxylation sites is 1. The third-order valence-corrected chi connectivity index (χ3v) is 6.70. The van der Waals surface area contributed by atoms with E-state index in [0.29, 0.717) is 16.1 Å². The number of carbonyl (C=O) groups excluding carboxylic acids is 1. The lowest BCUT2D eigenvalue weighted by atomic mass is 9.95. The number of carbonyl (C=O) groups is 1. The third kappa shape index (κ3) is 4.59. The highest BCUT2D eigenvalue weighted by atomic mass is 32.2. The van der Waals surface area contributed by atoms with E-state index in [1.165, 1.54) is 31.0 Å². The molecule has 6 heteroatoms. The van der Waals surface area contributed by atoms with Crippen LogP contribution in [-0.4, -0.2) is 27.3 Å². The molecule has 1 heterocycles. The first-order chi connectivity index (χ1) is 14.6. The van der Waals surface area contributed by atoms with Crippen molar-refractivity contribution in [1.82, 2.24) is 14.9 Å². The van der Waals surface area contributed by atoms with E-state index in [0.717, 1.165) is 18.4 Å². The second kappa shape index (κ2) is 9.47. The molecular formula is C24H27N3O2S. The summed E-state index contributed by atoms with van der Waals surface area (Å²) in [6.45, 7) is 2.00. The molecule has 1 fully saturated rings. The van der Waals surface area contributed by atoms with E-state index in [1.807, 2.05) is 61.5 Å². The van der Waals surface area contributed by atoms with Crippen molar-refractivity contribution in [3.05, 3.63) is 70.5 Å². The zero-order valence-electron chi connectivity index (χ0n) is 17.2. The van der Waals surface area contributed by atoms with Crippen LogP contribution in [0.1, 0.15) is 50.6 Å². The van der Waals surface area contributed by atoms with Crippen LogP contribution in [0.4, 0.5) is 0 Å². The molecule has 1 N–H and O–H groups in total. The minimum absolute atomic E-state index is 0.00761. The Morgan fingerprint density at radius 3 is 2.57 bits per heavy atom. The third-order valence-electron chi connectivity index (χ3n) is 5.75. The number of aromatic nitrogens is 2. The second-order valence-corrected chi connectivity index (χ2v) is 8.81. The predicted octanol–water partition coefficient (Wildman–Crippen LogP) is 4.55. The molecule has 0 bridgehead atoms. The van der Waals surface area contributed by atoms with Crippen molar-refractivity contribution in [2.75, 3.05) is 5.75 Å². The zero-order valence-corrected chi connectivity index (χ0v) is 18.0. The SMILES string of the molecule is CC(c1ccccc1)n1c(SCC(=O)NC2CCCCC2)nc2ccccc2c1=O. The van der Waals surface area contributed by atoms with Crippen molar-refractivity contribution in [3.8, 4) is 0 Å². The van der Waals surface area contributed by atoms with Gasteiger partial charge in [-0.1, -0.05) is 73.5 Å². The molecule has 1 amide bonds. The molecule has 1 unspecified atom stereocenters. The number of benzene rings is 2. The van der Waals surface area contributed by atoms with Crippen molar-refractivity contribution in [2.45, 2.75) is 56.3 Å². The Hall–Kier alpha value is -2.60. The molecule has 156 valence electrons. The van der Waals surface area contributed by atoms with Gasteiger partial charge in [-0.25, -0.2) is 4.98 Å². The van der Waals surface area contributed by atoms with Crippen LogP contribution in [0.2, 0.25) is 0 Å². The molecule has 1 aliphatic rings. The fourth-order valence-electron chi connectivity index (χ4n) is 4.10. The van der Waals surface area contributed by atoms with Crippen LogP contribution >= 0.6 is 11.8 Å². The lowest BCUT2D eigenvalue weighted by Gasteiger charge is -2.23. The fourth-order valence-corrected chi connectivity index (χ4v) is 4.98. The molecule has 0 radical (unpaired) electrons. The molecule has 4 rings (SSSR count). The first kappa shape index (κ1) is 20.7. The number of nitrogens with zero attached hydrogens (tertiary/aromatic N) is 2. The van der Waals surface area contributed by atoms with Gasteiger partial charge in [0, 0.05) is 6.04 Å². The summed E-state index contributed by atoms with van der Waals surface area (Å²) in [6.07, 6.45) is 5.73. The minimum Gasteiger partial charge on any atom is -0.353 e. The summed E-state index contributed by atoms with van der Waals surface area (Å²) in [6, 6.07) is 17.4. The maximum Gasteiger partial charge on any atom is 0.262 e. The summed E-state index contributed by atoms with van der Waals surface area (Å²) < 4.78 is 1.72. The summed E-state index contributed by atoms with van der Waals surface area (Å²) >= 11 is 1.34. The van der Waals surface area contributed by atoms with Crippen LogP contribution < -0.4 is 10.9 Å². The number of hydrogen-bond donors (Lipinski definition) is 1. The Bertz CT molecular complexity index is 1070. The first-order valence-corrected chi connectivity index (χ1v) is 11.6. The number of amides is 1. The van der Waals surface area contributed by atoms with Gasteiger partial charge in [-0.05, 0) is 37.5 Å². The van der Waals surface area contributed by atoms with Gasteiger partial charge in [0.05, 0.1) is 22.7 Å². The first-order valence-electron chi connectivity index (χ1n) is 10.6. The minimum atomic E-state index is -0.181. The molecule has 0 aliphatic heterocycles. The fraction of sp³-hybridized carbons (Fsp3) is 0.375. The Balaban J connectivity index is 1.62. The van der Waals surface area contributed by atoms with Crippen molar-refractivity contribution >= 4 is 28.6 Å². The van der Waals surface area contributed by atoms with E-state index in [2.05, 4.69) is 5.32 Å². The Morgan fingerprint density at radius 1 is 1.10 bits per heavy atom. The number of fused-ring (bicyclic) bond motifs is 1. The summed E-state index contributed by atoms with van der Waals surface area (Å²) in [7, 11) is 0. The van der Waals surface area contributed by atoms with Crippen LogP contribution in [0.25, 0.3) is 10.9 Å². The van der Waals surface area contributed by atoms with E-state index in [4.69, 9.17) is 4.98 Å². The van der Waals surface area contributed by atoms with Gasteiger partial charge < -0.3 is 5.32 Å². The molecular weight excluding hydrogens is 394 g/mol. The molecule has 30 heavy (non-hydrogen) atoms. The van der Waals surface area contributed by atoms with Gasteiger partial charge in [0.25, 0.3) is 5.56 Å². The molecule has 1 aliphatic carbocycles. The van der Waals surface area contributed by atoms with E-state index in [1.54, 1.807) is 4.57 Å². The quantitative estimate of drug-likeness (QED) is 0.469. The predicted molar refractivity (Wildman–Crippen MR) is 122 cm³/mol. The topological polar surface area (TPSA) is 64.0 Å². The number of rotatable bonds is 6. The molecule has 1 atom stereocenters. The number of thioether (sulfide) groups is 1. The normalized spacial score (nSPS) is 15.8. The molecule has 3 aromatic rings. The Labute approximate surface area is 180 Å². The van der Waals surface area contributed by atoms with Crippen LogP contribution in [0.3, 0.4) is 0 Å². The zero-order chi connectivity index (χ0) is 20.9. The van der Waals surface area contributed by atoms with Crippen LogP contribution in [0.5, 0.6) is 0 Å².